The van der Waals surface area contributed by atoms with Crippen molar-refractivity contribution in [2.45, 2.75) is 38.5 Å². The molecule has 0 saturated carbocycles. The zero-order valence-electron chi connectivity index (χ0n) is 25.4. The zero-order valence-corrected chi connectivity index (χ0v) is 25.4. The van der Waals surface area contributed by atoms with Crippen molar-refractivity contribution in [1.82, 2.24) is 20.7 Å². The van der Waals surface area contributed by atoms with Crippen molar-refractivity contribution in [1.29, 1.82) is 0 Å². The number of aryl methyl sites for hydroxylation is 1. The normalized spacial score (nSPS) is 18.4. The Morgan fingerprint density at radius 1 is 1.07 bits per heavy atom. The fourth-order valence-corrected chi connectivity index (χ4v) is 5.64. The molecule has 46 heavy (non-hydrogen) atoms. The highest BCUT2D eigenvalue weighted by Crippen LogP contribution is 2.33. The minimum Gasteiger partial charge on any atom is -0.496 e. The number of hydrogen-bond acceptors (Lipinski definition) is 8. The Morgan fingerprint density at radius 3 is 2.74 bits per heavy atom. The van der Waals surface area contributed by atoms with Gasteiger partial charge in [0.25, 0.3) is 11.8 Å². The summed E-state index contributed by atoms with van der Waals surface area (Å²) >= 11 is 0. The quantitative estimate of drug-likeness (QED) is 0.350. The van der Waals surface area contributed by atoms with E-state index < -0.39 is 18.0 Å². The lowest BCUT2D eigenvalue weighted by atomic mass is 9.99. The Balaban J connectivity index is 1.34. The molecule has 6 rings (SSSR count). The third-order valence-electron chi connectivity index (χ3n) is 7.91. The van der Waals surface area contributed by atoms with Crippen LogP contribution < -0.4 is 24.8 Å². The summed E-state index contributed by atoms with van der Waals surface area (Å²) in [6, 6.07) is 17.4. The molecule has 3 heterocycles. The lowest BCUT2D eigenvalue weighted by molar-refractivity contribution is -0.133. The van der Waals surface area contributed by atoms with Crippen LogP contribution in [0.2, 0.25) is 0 Å². The van der Waals surface area contributed by atoms with Crippen LogP contribution in [-0.2, 0) is 22.6 Å². The van der Waals surface area contributed by atoms with Crippen LogP contribution in [0, 0.1) is 12.7 Å². The minimum atomic E-state index is -0.641. The van der Waals surface area contributed by atoms with Gasteiger partial charge in [0.1, 0.15) is 34.9 Å². The van der Waals surface area contributed by atoms with Crippen molar-refractivity contribution in [2.24, 2.45) is 0 Å². The van der Waals surface area contributed by atoms with Gasteiger partial charge in [0, 0.05) is 49.3 Å². The van der Waals surface area contributed by atoms with Gasteiger partial charge in [-0.2, -0.15) is 0 Å². The SMILES string of the molecule is COc1ccc2cc1-c1cccc(c1)OCC(=O)NCc1cc(F)cc(c1)O[C@@H]1CCN(C(=O)Cc3cc(C)no3)C[C@H]1NC2=O. The molecule has 1 saturated heterocycles. The van der Waals surface area contributed by atoms with Crippen LogP contribution >= 0.6 is 0 Å². The van der Waals surface area contributed by atoms with Gasteiger partial charge in [-0.25, -0.2) is 4.39 Å². The van der Waals surface area contributed by atoms with Gasteiger partial charge in [0.15, 0.2) is 6.61 Å². The second-order valence-electron chi connectivity index (χ2n) is 11.3. The number of halogens is 1. The van der Waals surface area contributed by atoms with E-state index in [2.05, 4.69) is 15.8 Å². The van der Waals surface area contributed by atoms with Gasteiger partial charge in [-0.15, -0.1) is 0 Å². The number of amides is 3. The Morgan fingerprint density at radius 2 is 1.93 bits per heavy atom. The molecule has 2 atom stereocenters. The molecule has 6 bridgehead atoms. The van der Waals surface area contributed by atoms with Gasteiger partial charge in [-0.3, -0.25) is 14.4 Å². The molecule has 2 N–H and O–H groups in total. The second kappa shape index (κ2) is 13.3. The van der Waals surface area contributed by atoms with Crippen molar-refractivity contribution in [3.05, 3.63) is 95.1 Å². The standard InChI is InChI=1S/C34H33FN4O7/c1-20-10-27(46-38-20)16-33(41)39-9-8-31-29(18-39)37-34(42)23-6-7-30(43-2)28(14-23)22-4-3-5-25(13-22)44-19-32(40)36-17-21-11-24(35)15-26(12-21)45-31/h3-7,10-15,29,31H,8-9,16-19H2,1-2H3,(H,36,40)(H,37,42)/t29-,31-/m1/s1. The largest absolute Gasteiger partial charge is 0.496 e. The van der Waals surface area contributed by atoms with Crippen LogP contribution in [0.3, 0.4) is 0 Å². The number of rotatable bonds is 3. The first-order chi connectivity index (χ1) is 22.2. The number of hydrogen-bond donors (Lipinski definition) is 2. The number of nitrogens with one attached hydrogen (secondary N) is 2. The first-order valence-corrected chi connectivity index (χ1v) is 14.9. The number of carbonyl (C=O) groups excluding carboxylic acids is 3. The Labute approximate surface area is 264 Å². The maximum Gasteiger partial charge on any atom is 0.258 e. The molecule has 2 aliphatic heterocycles. The Bertz CT molecular complexity index is 1770. The van der Waals surface area contributed by atoms with Crippen molar-refractivity contribution >= 4 is 17.7 Å². The van der Waals surface area contributed by atoms with Gasteiger partial charge >= 0.3 is 0 Å². The molecule has 1 aromatic heterocycles. The highest BCUT2D eigenvalue weighted by Gasteiger charge is 2.35. The molecular formula is C34H33FN4O7. The maximum atomic E-state index is 14.7. The van der Waals surface area contributed by atoms with Crippen molar-refractivity contribution in [3.63, 3.8) is 0 Å². The van der Waals surface area contributed by atoms with Crippen molar-refractivity contribution in [2.75, 3.05) is 26.8 Å². The number of piperidine rings is 1. The fraction of sp³-hybridized carbons (Fsp3) is 0.294. The molecule has 1 fully saturated rings. The molecule has 12 heteroatoms. The first-order valence-electron chi connectivity index (χ1n) is 14.9. The summed E-state index contributed by atoms with van der Waals surface area (Å²) in [5.41, 5.74) is 2.87. The summed E-state index contributed by atoms with van der Waals surface area (Å²) in [5.74, 6) is 0.173. The van der Waals surface area contributed by atoms with E-state index in [0.29, 0.717) is 58.2 Å². The van der Waals surface area contributed by atoms with E-state index in [1.807, 2.05) is 6.07 Å². The van der Waals surface area contributed by atoms with Crippen LogP contribution in [0.1, 0.15) is 33.8 Å². The number of likely N-dealkylation sites (tertiary alicyclic amines) is 1. The monoisotopic (exact) mass is 628 g/mol. The summed E-state index contributed by atoms with van der Waals surface area (Å²) in [7, 11) is 1.54. The summed E-state index contributed by atoms with van der Waals surface area (Å²) in [6.07, 6.45) is -0.196. The molecular weight excluding hydrogens is 595 g/mol. The van der Waals surface area contributed by atoms with Gasteiger partial charge < -0.3 is 34.3 Å². The third-order valence-corrected chi connectivity index (χ3v) is 7.91. The predicted octanol–water partition coefficient (Wildman–Crippen LogP) is 3.83. The van der Waals surface area contributed by atoms with Gasteiger partial charge in [-0.1, -0.05) is 17.3 Å². The number of fused-ring (bicyclic) bond motifs is 8. The topological polar surface area (TPSA) is 132 Å². The van der Waals surface area contributed by atoms with E-state index in [1.54, 1.807) is 60.4 Å². The Hall–Kier alpha value is -5.39. The van der Waals surface area contributed by atoms with Gasteiger partial charge in [-0.05, 0) is 60.5 Å². The molecule has 2 aliphatic rings. The van der Waals surface area contributed by atoms with E-state index in [1.165, 1.54) is 19.2 Å². The zero-order chi connectivity index (χ0) is 32.2. The number of carbonyl (C=O) groups is 3. The number of ether oxygens (including phenoxy) is 3. The molecule has 238 valence electrons. The van der Waals surface area contributed by atoms with Crippen LogP contribution in [0.5, 0.6) is 17.2 Å². The lowest BCUT2D eigenvalue weighted by Gasteiger charge is -2.39. The smallest absolute Gasteiger partial charge is 0.258 e. The second-order valence-corrected chi connectivity index (χ2v) is 11.3. The van der Waals surface area contributed by atoms with Crippen LogP contribution in [0.25, 0.3) is 11.1 Å². The highest BCUT2D eigenvalue weighted by molar-refractivity contribution is 5.96. The van der Waals surface area contributed by atoms with E-state index >= 15 is 0 Å². The number of nitrogens with zero attached hydrogens (tertiary/aromatic N) is 2. The summed E-state index contributed by atoms with van der Waals surface area (Å²) < 4.78 is 37.5. The molecule has 3 aromatic carbocycles. The van der Waals surface area contributed by atoms with Crippen LogP contribution in [-0.4, -0.2) is 66.7 Å². The molecule has 0 unspecified atom stereocenters. The van der Waals surface area contributed by atoms with Gasteiger partial charge in [0.05, 0.1) is 25.3 Å². The van der Waals surface area contributed by atoms with E-state index in [9.17, 15) is 18.8 Å². The van der Waals surface area contributed by atoms with Crippen LogP contribution in [0.4, 0.5) is 4.39 Å². The van der Waals surface area contributed by atoms with Crippen molar-refractivity contribution < 1.29 is 37.5 Å². The Kier molecular flexibility index (Phi) is 8.86. The molecule has 3 amide bonds. The third kappa shape index (κ3) is 7.12. The minimum absolute atomic E-state index is 0.0244. The molecule has 11 nitrogen and oxygen atoms in total. The average molecular weight is 629 g/mol. The number of benzene rings is 3. The van der Waals surface area contributed by atoms with Crippen LogP contribution in [0.15, 0.2) is 71.3 Å². The molecule has 4 aromatic rings. The number of aromatic nitrogens is 1. The molecule has 0 radical (unpaired) electrons. The van der Waals surface area contributed by atoms with E-state index in [4.69, 9.17) is 18.7 Å². The predicted molar refractivity (Wildman–Crippen MR) is 164 cm³/mol. The summed E-state index contributed by atoms with van der Waals surface area (Å²) in [6.45, 7) is 2.08. The fourth-order valence-electron chi connectivity index (χ4n) is 5.64. The number of methoxy groups -OCH3 is 1. The van der Waals surface area contributed by atoms with Crippen molar-refractivity contribution in [3.8, 4) is 28.4 Å². The molecule has 0 aliphatic carbocycles. The lowest BCUT2D eigenvalue weighted by Crippen LogP contribution is -2.58. The maximum absolute atomic E-state index is 14.7. The molecule has 0 spiro atoms. The summed E-state index contributed by atoms with van der Waals surface area (Å²) in [4.78, 5) is 41.3. The van der Waals surface area contributed by atoms with Gasteiger partial charge in [0.2, 0.25) is 5.91 Å². The summed E-state index contributed by atoms with van der Waals surface area (Å²) in [5, 5.41) is 9.66. The van der Waals surface area contributed by atoms with E-state index in [0.717, 1.165) is 0 Å². The van der Waals surface area contributed by atoms with E-state index in [-0.39, 0.29) is 49.6 Å². The average Bonchev–Trinajstić information content (AvgIpc) is 3.46. The first kappa shape index (κ1) is 30.6. The highest BCUT2D eigenvalue weighted by atomic mass is 19.1.